The number of ketones is 1. The van der Waals surface area contributed by atoms with Crippen molar-refractivity contribution in [2.24, 2.45) is 13.0 Å². The van der Waals surface area contributed by atoms with Crippen molar-refractivity contribution in [3.63, 3.8) is 0 Å². The lowest BCUT2D eigenvalue weighted by Crippen LogP contribution is -2.48. The Hall–Kier alpha value is -3.41. The zero-order valence-corrected chi connectivity index (χ0v) is 18.7. The molecule has 3 aliphatic rings. The van der Waals surface area contributed by atoms with Crippen LogP contribution in [0, 0.1) is 5.92 Å². The van der Waals surface area contributed by atoms with E-state index >= 15 is 0 Å². The number of hydrogen-bond acceptors (Lipinski definition) is 4. The summed E-state index contributed by atoms with van der Waals surface area (Å²) in [6, 6.07) is 16.9. The molecule has 2 unspecified atom stereocenters. The van der Waals surface area contributed by atoms with Crippen molar-refractivity contribution in [2.75, 3.05) is 6.61 Å². The van der Waals surface area contributed by atoms with Gasteiger partial charge in [-0.1, -0.05) is 48.5 Å². The van der Waals surface area contributed by atoms with Crippen LogP contribution in [-0.4, -0.2) is 45.2 Å². The maximum absolute atomic E-state index is 13.2. The number of piperidine rings is 1. The minimum atomic E-state index is -0.239. The summed E-state index contributed by atoms with van der Waals surface area (Å²) >= 11 is 0. The van der Waals surface area contributed by atoms with Gasteiger partial charge in [0, 0.05) is 37.2 Å². The second-order valence-electron chi connectivity index (χ2n) is 9.53. The van der Waals surface area contributed by atoms with Gasteiger partial charge in [-0.15, -0.1) is 0 Å². The molecule has 3 aromatic rings. The number of amides is 1. The molecule has 2 atom stereocenters. The number of carbonyl (C=O) groups is 2. The lowest BCUT2D eigenvalue weighted by molar-refractivity contribution is 0.0506. The van der Waals surface area contributed by atoms with Gasteiger partial charge < -0.3 is 9.64 Å². The van der Waals surface area contributed by atoms with Crippen LogP contribution in [0.3, 0.4) is 0 Å². The van der Waals surface area contributed by atoms with Crippen molar-refractivity contribution in [3.8, 4) is 11.1 Å². The molecule has 0 spiro atoms. The Kier molecular flexibility index (Phi) is 4.82. The molecule has 1 aromatic heterocycles. The van der Waals surface area contributed by atoms with E-state index in [-0.39, 0.29) is 35.8 Å². The predicted molar refractivity (Wildman–Crippen MR) is 124 cm³/mol. The summed E-state index contributed by atoms with van der Waals surface area (Å²) in [5.74, 6) is 0.153. The Morgan fingerprint density at radius 1 is 0.970 bits per heavy atom. The van der Waals surface area contributed by atoms with Gasteiger partial charge in [0.1, 0.15) is 6.61 Å². The Morgan fingerprint density at radius 2 is 1.58 bits per heavy atom. The van der Waals surface area contributed by atoms with Gasteiger partial charge in [-0.2, -0.15) is 5.10 Å². The maximum atomic E-state index is 13.2. The Bertz CT molecular complexity index is 1170. The molecule has 3 heterocycles. The number of aromatic nitrogens is 2. The summed E-state index contributed by atoms with van der Waals surface area (Å²) in [6.45, 7) is 0.334. The first-order valence-corrected chi connectivity index (χ1v) is 11.8. The zero-order valence-electron chi connectivity index (χ0n) is 18.7. The summed E-state index contributed by atoms with van der Waals surface area (Å²) in [6.07, 6.45) is 6.46. The van der Waals surface area contributed by atoms with Crippen LogP contribution < -0.4 is 0 Å². The molecule has 33 heavy (non-hydrogen) atoms. The molecule has 168 valence electrons. The normalized spacial score (nSPS) is 23.3. The van der Waals surface area contributed by atoms with E-state index in [1.807, 2.05) is 24.1 Å². The molecule has 6 rings (SSSR count). The molecule has 0 radical (unpaired) electrons. The van der Waals surface area contributed by atoms with E-state index in [2.05, 4.69) is 41.5 Å². The quantitative estimate of drug-likeness (QED) is 0.546. The molecule has 6 nitrogen and oxygen atoms in total. The molecule has 2 bridgehead atoms. The van der Waals surface area contributed by atoms with Crippen LogP contribution in [0.15, 0.2) is 60.9 Å². The highest BCUT2D eigenvalue weighted by Gasteiger charge is 2.46. The maximum Gasteiger partial charge on any atom is 0.410 e. The third-order valence-electron chi connectivity index (χ3n) is 7.64. The van der Waals surface area contributed by atoms with Gasteiger partial charge in [-0.3, -0.25) is 9.48 Å². The molecule has 1 amide bonds. The van der Waals surface area contributed by atoms with Gasteiger partial charge >= 0.3 is 6.09 Å². The number of Topliss-reactive ketones (excluding diaryl/α,β-unsaturated/α-hetero) is 1. The van der Waals surface area contributed by atoms with Crippen molar-refractivity contribution in [1.29, 1.82) is 0 Å². The second-order valence-corrected chi connectivity index (χ2v) is 9.53. The fourth-order valence-electron chi connectivity index (χ4n) is 6.14. The van der Waals surface area contributed by atoms with E-state index in [4.69, 9.17) is 4.74 Å². The molecule has 0 saturated carbocycles. The summed E-state index contributed by atoms with van der Waals surface area (Å²) in [5, 5.41) is 4.13. The third kappa shape index (κ3) is 3.36. The molecule has 2 aromatic carbocycles. The minimum absolute atomic E-state index is 0.0515. The molecule has 0 N–H and O–H groups in total. The van der Waals surface area contributed by atoms with Crippen LogP contribution in [0.1, 0.15) is 53.1 Å². The Labute approximate surface area is 193 Å². The van der Waals surface area contributed by atoms with Crippen LogP contribution in [0.5, 0.6) is 0 Å². The predicted octanol–water partition coefficient (Wildman–Crippen LogP) is 4.79. The summed E-state index contributed by atoms with van der Waals surface area (Å²) < 4.78 is 7.59. The number of hydrogen-bond donors (Lipinski definition) is 0. The van der Waals surface area contributed by atoms with Gasteiger partial charge in [-0.25, -0.2) is 4.79 Å². The van der Waals surface area contributed by atoms with E-state index in [0.29, 0.717) is 25.0 Å². The van der Waals surface area contributed by atoms with E-state index in [0.717, 1.165) is 12.8 Å². The Morgan fingerprint density at radius 3 is 2.15 bits per heavy atom. The fourth-order valence-corrected chi connectivity index (χ4v) is 6.14. The van der Waals surface area contributed by atoms with Crippen LogP contribution in [-0.2, 0) is 11.8 Å². The molecular weight excluding hydrogens is 414 g/mol. The van der Waals surface area contributed by atoms with Gasteiger partial charge in [0.05, 0.1) is 11.8 Å². The molecule has 2 aliphatic heterocycles. The van der Waals surface area contributed by atoms with Gasteiger partial charge in [-0.05, 0) is 47.9 Å². The van der Waals surface area contributed by atoms with Crippen LogP contribution in [0.4, 0.5) is 4.79 Å². The first-order chi connectivity index (χ1) is 16.1. The summed E-state index contributed by atoms with van der Waals surface area (Å²) in [4.78, 5) is 28.1. The molecule has 1 aliphatic carbocycles. The number of nitrogens with zero attached hydrogens (tertiary/aromatic N) is 3. The van der Waals surface area contributed by atoms with E-state index in [9.17, 15) is 9.59 Å². The van der Waals surface area contributed by atoms with Crippen LogP contribution in [0.25, 0.3) is 11.1 Å². The van der Waals surface area contributed by atoms with E-state index in [1.165, 1.54) is 22.3 Å². The number of ether oxygens (including phenoxy) is 1. The zero-order chi connectivity index (χ0) is 22.5. The van der Waals surface area contributed by atoms with Gasteiger partial charge in [0.15, 0.2) is 5.78 Å². The number of fused-ring (bicyclic) bond motifs is 5. The molecular formula is C27H27N3O3. The molecule has 2 fully saturated rings. The highest BCUT2D eigenvalue weighted by atomic mass is 16.6. The fraction of sp³-hybridized carbons (Fsp3) is 0.370. The lowest BCUT2D eigenvalue weighted by Gasteiger charge is -2.37. The second kappa shape index (κ2) is 7.87. The average Bonchev–Trinajstić information content (AvgIpc) is 3.49. The topological polar surface area (TPSA) is 64.4 Å². The van der Waals surface area contributed by atoms with Crippen molar-refractivity contribution >= 4 is 11.9 Å². The molecule has 2 saturated heterocycles. The average molecular weight is 442 g/mol. The SMILES string of the molecule is Cn1cc(C(=O)C2CC3CCC(C2)N3C(=O)OCC2c3ccccc3-c3ccccc32)cn1. The lowest BCUT2D eigenvalue weighted by atomic mass is 9.85. The third-order valence-corrected chi connectivity index (χ3v) is 7.64. The smallest absolute Gasteiger partial charge is 0.410 e. The highest BCUT2D eigenvalue weighted by Crippen LogP contribution is 2.45. The van der Waals surface area contributed by atoms with E-state index < -0.39 is 0 Å². The monoisotopic (exact) mass is 441 g/mol. The van der Waals surface area contributed by atoms with Gasteiger partial charge in [0.25, 0.3) is 0 Å². The van der Waals surface area contributed by atoms with Crippen molar-refractivity contribution in [2.45, 2.75) is 43.7 Å². The van der Waals surface area contributed by atoms with Crippen molar-refractivity contribution < 1.29 is 14.3 Å². The number of carbonyl (C=O) groups excluding carboxylic acids is 2. The van der Waals surface area contributed by atoms with E-state index in [1.54, 1.807) is 17.1 Å². The summed E-state index contributed by atoms with van der Waals surface area (Å²) in [7, 11) is 1.82. The molecule has 6 heteroatoms. The highest BCUT2D eigenvalue weighted by molar-refractivity contribution is 5.97. The minimum Gasteiger partial charge on any atom is -0.448 e. The van der Waals surface area contributed by atoms with Crippen molar-refractivity contribution in [3.05, 3.63) is 77.6 Å². The first kappa shape index (κ1) is 20.2. The standard InChI is InChI=1S/C27H27N3O3/c1-29-15-18(14-28-29)26(31)17-12-19-10-11-20(13-17)30(19)27(32)33-16-25-23-8-4-2-6-21(23)22-7-3-5-9-24(22)25/h2-9,14-15,17,19-20,25H,10-13,16H2,1H3. The van der Waals surface area contributed by atoms with Gasteiger partial charge in [0.2, 0.25) is 0 Å². The van der Waals surface area contributed by atoms with Crippen LogP contribution in [0.2, 0.25) is 0 Å². The number of rotatable bonds is 4. The van der Waals surface area contributed by atoms with Crippen molar-refractivity contribution in [1.82, 2.24) is 14.7 Å². The Balaban J connectivity index is 1.15. The first-order valence-electron chi connectivity index (χ1n) is 11.8. The largest absolute Gasteiger partial charge is 0.448 e. The van der Waals surface area contributed by atoms with Crippen LogP contribution >= 0.6 is 0 Å². The number of benzene rings is 2. The number of aryl methyl sites for hydroxylation is 1. The summed E-state index contributed by atoms with van der Waals surface area (Å²) in [5.41, 5.74) is 5.55.